The molecule has 76 valence electrons. The first kappa shape index (κ1) is 9.38. The normalized spacial score (nSPS) is 17.8. The quantitative estimate of drug-likeness (QED) is 0.716. The van der Waals surface area contributed by atoms with Crippen LogP contribution >= 0.6 is 0 Å². The van der Waals surface area contributed by atoms with Crippen LogP contribution in [0, 0.1) is 5.92 Å². The van der Waals surface area contributed by atoms with Crippen LogP contribution in [0.25, 0.3) is 0 Å². The fourth-order valence-corrected chi connectivity index (χ4v) is 1.81. The summed E-state index contributed by atoms with van der Waals surface area (Å²) in [6.45, 7) is 2.23. The van der Waals surface area contributed by atoms with Crippen molar-refractivity contribution in [2.75, 3.05) is 11.1 Å². The van der Waals surface area contributed by atoms with E-state index in [9.17, 15) is 0 Å². The van der Waals surface area contributed by atoms with Gasteiger partial charge in [0.15, 0.2) is 0 Å². The molecule has 1 saturated carbocycles. The highest BCUT2D eigenvalue weighted by atomic mass is 14.9. The Kier molecular flexibility index (Phi) is 2.62. The zero-order valence-corrected chi connectivity index (χ0v) is 8.66. The Morgan fingerprint density at radius 3 is 2.79 bits per heavy atom. The summed E-state index contributed by atoms with van der Waals surface area (Å²) < 4.78 is 0. The minimum Gasteiger partial charge on any atom is -0.397 e. The first-order valence-electron chi connectivity index (χ1n) is 5.37. The van der Waals surface area contributed by atoms with Crippen molar-refractivity contribution in [3.63, 3.8) is 0 Å². The van der Waals surface area contributed by atoms with E-state index in [1.165, 1.54) is 19.3 Å². The van der Waals surface area contributed by atoms with Gasteiger partial charge in [-0.25, -0.2) is 0 Å². The Bertz CT molecular complexity index is 305. The fraction of sp³-hybridized carbons (Fsp3) is 0.500. The molecular weight excluding hydrogens is 172 g/mol. The maximum absolute atomic E-state index is 5.85. The molecule has 2 rings (SSSR count). The smallest absolute Gasteiger partial charge is 0.0575 e. The van der Waals surface area contributed by atoms with Crippen molar-refractivity contribution < 1.29 is 0 Å². The zero-order valence-electron chi connectivity index (χ0n) is 8.66. The van der Waals surface area contributed by atoms with E-state index in [1.807, 2.05) is 24.3 Å². The Morgan fingerprint density at radius 1 is 1.43 bits per heavy atom. The van der Waals surface area contributed by atoms with Gasteiger partial charge in [0.1, 0.15) is 0 Å². The molecule has 3 N–H and O–H groups in total. The van der Waals surface area contributed by atoms with Crippen molar-refractivity contribution in [1.82, 2.24) is 0 Å². The molecule has 1 aromatic rings. The zero-order chi connectivity index (χ0) is 9.97. The molecule has 0 heterocycles. The van der Waals surface area contributed by atoms with Crippen molar-refractivity contribution >= 4 is 11.4 Å². The van der Waals surface area contributed by atoms with E-state index >= 15 is 0 Å². The molecule has 14 heavy (non-hydrogen) atoms. The second-order valence-electron chi connectivity index (χ2n) is 4.31. The van der Waals surface area contributed by atoms with Gasteiger partial charge in [0.2, 0.25) is 0 Å². The van der Waals surface area contributed by atoms with Crippen LogP contribution in [0.1, 0.15) is 26.2 Å². The van der Waals surface area contributed by atoms with Gasteiger partial charge in [0.25, 0.3) is 0 Å². The van der Waals surface area contributed by atoms with E-state index in [-0.39, 0.29) is 0 Å². The van der Waals surface area contributed by atoms with Crippen LogP contribution in [0.5, 0.6) is 0 Å². The summed E-state index contributed by atoms with van der Waals surface area (Å²) in [4.78, 5) is 0. The Hall–Kier alpha value is -1.18. The summed E-state index contributed by atoms with van der Waals surface area (Å²) in [5.41, 5.74) is 7.77. The largest absolute Gasteiger partial charge is 0.397 e. The summed E-state index contributed by atoms with van der Waals surface area (Å²) in [5, 5.41) is 3.46. The molecule has 1 aromatic carbocycles. The van der Waals surface area contributed by atoms with Crippen LogP contribution in [0.4, 0.5) is 11.4 Å². The first-order valence-corrected chi connectivity index (χ1v) is 5.37. The highest BCUT2D eigenvalue weighted by molar-refractivity contribution is 5.65. The van der Waals surface area contributed by atoms with Gasteiger partial charge >= 0.3 is 0 Å². The van der Waals surface area contributed by atoms with Crippen molar-refractivity contribution in [2.24, 2.45) is 5.92 Å². The fourth-order valence-electron chi connectivity index (χ4n) is 1.81. The molecule has 2 heteroatoms. The molecule has 1 unspecified atom stereocenters. The Morgan fingerprint density at radius 2 is 2.14 bits per heavy atom. The topological polar surface area (TPSA) is 38.0 Å². The van der Waals surface area contributed by atoms with Crippen LogP contribution in [0.15, 0.2) is 24.3 Å². The molecule has 0 bridgehead atoms. The maximum Gasteiger partial charge on any atom is 0.0575 e. The van der Waals surface area contributed by atoms with E-state index in [0.717, 1.165) is 17.3 Å². The van der Waals surface area contributed by atoms with Gasteiger partial charge in [0, 0.05) is 6.04 Å². The van der Waals surface area contributed by atoms with Gasteiger partial charge in [-0.05, 0) is 31.4 Å². The van der Waals surface area contributed by atoms with Crippen LogP contribution in [-0.4, -0.2) is 6.04 Å². The van der Waals surface area contributed by atoms with E-state index in [4.69, 9.17) is 5.73 Å². The van der Waals surface area contributed by atoms with Crippen LogP contribution < -0.4 is 11.1 Å². The number of benzene rings is 1. The van der Waals surface area contributed by atoms with E-state index < -0.39 is 0 Å². The van der Waals surface area contributed by atoms with E-state index in [1.54, 1.807) is 0 Å². The second-order valence-corrected chi connectivity index (χ2v) is 4.31. The van der Waals surface area contributed by atoms with E-state index in [0.29, 0.717) is 6.04 Å². The number of nitrogens with one attached hydrogen (secondary N) is 1. The van der Waals surface area contributed by atoms with Crippen molar-refractivity contribution in [3.05, 3.63) is 24.3 Å². The monoisotopic (exact) mass is 190 g/mol. The molecule has 0 radical (unpaired) electrons. The van der Waals surface area contributed by atoms with Crippen molar-refractivity contribution in [3.8, 4) is 0 Å². The third kappa shape index (κ3) is 2.41. The number of nitrogen functional groups attached to an aromatic ring is 1. The van der Waals surface area contributed by atoms with Gasteiger partial charge in [-0.1, -0.05) is 25.0 Å². The van der Waals surface area contributed by atoms with E-state index in [2.05, 4.69) is 12.2 Å². The summed E-state index contributed by atoms with van der Waals surface area (Å²) in [5.74, 6) is 0.961. The average molecular weight is 190 g/mol. The van der Waals surface area contributed by atoms with Crippen LogP contribution in [-0.2, 0) is 0 Å². The molecule has 0 aliphatic heterocycles. The van der Waals surface area contributed by atoms with Gasteiger partial charge < -0.3 is 11.1 Å². The Labute approximate surface area is 85.5 Å². The predicted octanol–water partition coefficient (Wildman–Crippen LogP) is 2.87. The first-order chi connectivity index (χ1) is 6.75. The highest BCUT2D eigenvalue weighted by Crippen LogP contribution is 2.34. The third-order valence-electron chi connectivity index (χ3n) is 2.75. The number of hydrogen-bond donors (Lipinski definition) is 2. The number of hydrogen-bond acceptors (Lipinski definition) is 2. The summed E-state index contributed by atoms with van der Waals surface area (Å²) in [6.07, 6.45) is 4.10. The molecule has 0 aromatic heterocycles. The molecule has 1 aliphatic carbocycles. The van der Waals surface area contributed by atoms with Crippen molar-refractivity contribution in [2.45, 2.75) is 32.2 Å². The predicted molar refractivity (Wildman–Crippen MR) is 61.3 cm³/mol. The lowest BCUT2D eigenvalue weighted by Gasteiger charge is -2.16. The molecule has 2 nitrogen and oxygen atoms in total. The SMILES string of the molecule is CC(CC1CC1)Nc1ccccc1N. The standard InChI is InChI=1S/C12H18N2/c1-9(8-10-6-7-10)14-12-5-3-2-4-11(12)13/h2-5,9-10,14H,6-8,13H2,1H3. The number of para-hydroxylation sites is 2. The molecule has 1 fully saturated rings. The van der Waals surface area contributed by atoms with Crippen molar-refractivity contribution in [1.29, 1.82) is 0 Å². The number of anilines is 2. The molecule has 1 aliphatic rings. The summed E-state index contributed by atoms with van der Waals surface area (Å²) in [7, 11) is 0. The third-order valence-corrected chi connectivity index (χ3v) is 2.75. The average Bonchev–Trinajstić information content (AvgIpc) is 2.93. The minimum atomic E-state index is 0.534. The second kappa shape index (κ2) is 3.91. The highest BCUT2D eigenvalue weighted by Gasteiger charge is 2.23. The lowest BCUT2D eigenvalue weighted by atomic mass is 10.1. The molecule has 0 amide bonds. The van der Waals surface area contributed by atoms with Crippen LogP contribution in [0.3, 0.4) is 0 Å². The lowest BCUT2D eigenvalue weighted by Crippen LogP contribution is -2.16. The minimum absolute atomic E-state index is 0.534. The maximum atomic E-state index is 5.85. The Balaban J connectivity index is 1.91. The molecule has 1 atom stereocenters. The van der Waals surface area contributed by atoms with Gasteiger partial charge in [-0.3, -0.25) is 0 Å². The molecule has 0 saturated heterocycles. The van der Waals surface area contributed by atoms with Gasteiger partial charge in [-0.15, -0.1) is 0 Å². The van der Waals surface area contributed by atoms with Gasteiger partial charge in [-0.2, -0.15) is 0 Å². The van der Waals surface area contributed by atoms with Crippen LogP contribution in [0.2, 0.25) is 0 Å². The van der Waals surface area contributed by atoms with Gasteiger partial charge in [0.05, 0.1) is 11.4 Å². The molecular formula is C12H18N2. The summed E-state index contributed by atoms with van der Waals surface area (Å²) in [6, 6.07) is 8.49. The summed E-state index contributed by atoms with van der Waals surface area (Å²) >= 11 is 0. The lowest BCUT2D eigenvalue weighted by molar-refractivity contribution is 0.642. The molecule has 0 spiro atoms. The number of nitrogens with two attached hydrogens (primary N) is 1. The number of rotatable bonds is 4.